The van der Waals surface area contributed by atoms with Gasteiger partial charge in [-0.25, -0.2) is 0 Å². The third-order valence-electron chi connectivity index (χ3n) is 1.90. The molecule has 0 heterocycles. The van der Waals surface area contributed by atoms with E-state index in [4.69, 9.17) is 14.2 Å². The summed E-state index contributed by atoms with van der Waals surface area (Å²) in [6, 6.07) is 2.63. The molecule has 0 spiro atoms. The van der Waals surface area contributed by atoms with Crippen LogP contribution >= 0.6 is 0 Å². The molecule has 16 heavy (non-hydrogen) atoms. The van der Waals surface area contributed by atoms with Crippen LogP contribution in [-0.4, -0.2) is 56.9 Å². The Kier molecular flexibility index (Phi) is 6.25. The van der Waals surface area contributed by atoms with Crippen molar-refractivity contribution in [3.63, 3.8) is 0 Å². The summed E-state index contributed by atoms with van der Waals surface area (Å²) in [5.74, 6) is -0.369. The van der Waals surface area contributed by atoms with Crippen molar-refractivity contribution in [1.29, 1.82) is 0 Å². The predicted octanol–water partition coefficient (Wildman–Crippen LogP) is -0.305. The standard InChI is InChI=1S/C10H12O5.Na/c1-13-7-4-6(10(11)12)5-8(14-2)9(7)15-3;/h4-5H,1-3H3,(H,11,12);/p-1. The minimum atomic E-state index is -1.30. The predicted molar refractivity (Wildman–Crippen MR) is 56.2 cm³/mol. The van der Waals surface area contributed by atoms with Gasteiger partial charge in [-0.3, -0.25) is 0 Å². The summed E-state index contributed by atoms with van der Waals surface area (Å²) in [6.45, 7) is 0. The average Bonchev–Trinajstić information content (AvgIpc) is 2.26. The van der Waals surface area contributed by atoms with E-state index < -0.39 is 5.97 Å². The SMILES string of the molecule is COc1cc(C(=O)[O-])cc(OC)c1OC.[Na]. The molecule has 83 valence electrons. The van der Waals surface area contributed by atoms with Gasteiger partial charge in [0.25, 0.3) is 0 Å². The number of methoxy groups -OCH3 is 3. The maximum atomic E-state index is 10.7. The van der Waals surface area contributed by atoms with Gasteiger partial charge in [-0.15, -0.1) is 0 Å². The zero-order valence-electron chi connectivity index (χ0n) is 9.70. The Balaban J connectivity index is 0.00000225. The molecule has 0 saturated carbocycles. The second kappa shape index (κ2) is 6.62. The molecule has 1 radical (unpaired) electrons. The smallest absolute Gasteiger partial charge is 0.203 e. The van der Waals surface area contributed by atoms with Crippen LogP contribution < -0.4 is 19.3 Å². The fourth-order valence-corrected chi connectivity index (χ4v) is 1.20. The van der Waals surface area contributed by atoms with Gasteiger partial charge in [0.15, 0.2) is 11.5 Å². The molecule has 1 aromatic carbocycles. The average molecular weight is 234 g/mol. The molecule has 6 heteroatoms. The number of aromatic carboxylic acids is 1. The molecule has 0 unspecified atom stereocenters. The number of carbonyl (C=O) groups excluding carboxylic acids is 1. The van der Waals surface area contributed by atoms with Crippen LogP contribution in [0.1, 0.15) is 10.4 Å². The van der Waals surface area contributed by atoms with E-state index in [0.29, 0.717) is 5.75 Å². The molecule has 0 fully saturated rings. The summed E-state index contributed by atoms with van der Waals surface area (Å²) < 4.78 is 15.0. The second-order valence-corrected chi connectivity index (χ2v) is 2.70. The zero-order valence-corrected chi connectivity index (χ0v) is 11.7. The molecule has 1 rings (SSSR count). The summed E-state index contributed by atoms with van der Waals surface area (Å²) in [4.78, 5) is 10.7. The van der Waals surface area contributed by atoms with Crippen molar-refractivity contribution in [2.75, 3.05) is 21.3 Å². The van der Waals surface area contributed by atoms with Crippen molar-refractivity contribution in [2.24, 2.45) is 0 Å². The van der Waals surface area contributed by atoms with Crippen LogP contribution in [0.3, 0.4) is 0 Å². The van der Waals surface area contributed by atoms with E-state index in [9.17, 15) is 9.90 Å². The summed E-state index contributed by atoms with van der Waals surface area (Å²) in [7, 11) is 4.27. The van der Waals surface area contributed by atoms with Crippen LogP contribution in [0.25, 0.3) is 0 Å². The van der Waals surface area contributed by atoms with E-state index >= 15 is 0 Å². The van der Waals surface area contributed by atoms with E-state index in [1.54, 1.807) is 0 Å². The quantitative estimate of drug-likeness (QED) is 0.669. The first-order valence-electron chi connectivity index (χ1n) is 4.15. The summed E-state index contributed by atoms with van der Waals surface area (Å²) >= 11 is 0. The maximum absolute atomic E-state index is 10.7. The molecule has 0 aliphatic carbocycles. The molecule has 0 aromatic heterocycles. The van der Waals surface area contributed by atoms with E-state index in [0.717, 1.165) is 0 Å². The number of hydrogen-bond donors (Lipinski definition) is 0. The Labute approximate surface area is 116 Å². The van der Waals surface area contributed by atoms with Crippen molar-refractivity contribution in [2.45, 2.75) is 0 Å². The molecule has 1 aromatic rings. The molecule has 0 bridgehead atoms. The minimum absolute atomic E-state index is 0. The Bertz CT molecular complexity index is 352. The molecule has 0 amide bonds. The largest absolute Gasteiger partial charge is 0.545 e. The number of hydrogen-bond acceptors (Lipinski definition) is 5. The van der Waals surface area contributed by atoms with Crippen LogP contribution in [0.15, 0.2) is 12.1 Å². The number of rotatable bonds is 4. The topological polar surface area (TPSA) is 67.8 Å². The fourth-order valence-electron chi connectivity index (χ4n) is 1.20. The van der Waals surface area contributed by atoms with Crippen LogP contribution in [-0.2, 0) is 0 Å². The van der Waals surface area contributed by atoms with Crippen LogP contribution in [0.2, 0.25) is 0 Å². The molecule has 0 N–H and O–H groups in total. The van der Waals surface area contributed by atoms with Gasteiger partial charge < -0.3 is 24.1 Å². The van der Waals surface area contributed by atoms with Gasteiger partial charge in [0.2, 0.25) is 5.75 Å². The van der Waals surface area contributed by atoms with Gasteiger partial charge in [-0.2, -0.15) is 0 Å². The Morgan fingerprint density at radius 2 is 1.50 bits per heavy atom. The molecule has 0 saturated heterocycles. The van der Waals surface area contributed by atoms with Crippen LogP contribution in [0.4, 0.5) is 0 Å². The summed E-state index contributed by atoms with van der Waals surface area (Å²) in [5, 5.41) is 10.7. The first-order chi connectivity index (χ1) is 7.13. The molecule has 0 aliphatic rings. The number of carbonyl (C=O) groups is 1. The molecule has 5 nitrogen and oxygen atoms in total. The first-order valence-corrected chi connectivity index (χ1v) is 4.15. The van der Waals surface area contributed by atoms with Crippen molar-refractivity contribution < 1.29 is 24.1 Å². The van der Waals surface area contributed by atoms with Crippen LogP contribution in [0.5, 0.6) is 17.2 Å². The fraction of sp³-hybridized carbons (Fsp3) is 0.300. The van der Waals surface area contributed by atoms with E-state index in [1.807, 2.05) is 0 Å². The molecular formula is C10H11NaO5-. The molecule has 0 atom stereocenters. The van der Waals surface area contributed by atoms with Crippen molar-refractivity contribution in [3.05, 3.63) is 17.7 Å². The monoisotopic (exact) mass is 234 g/mol. The van der Waals surface area contributed by atoms with E-state index in [2.05, 4.69) is 0 Å². The van der Waals surface area contributed by atoms with Crippen LogP contribution in [0, 0.1) is 0 Å². The minimum Gasteiger partial charge on any atom is -0.545 e. The number of carboxylic acid groups (broad SMARTS) is 1. The van der Waals surface area contributed by atoms with E-state index in [-0.39, 0.29) is 46.6 Å². The van der Waals surface area contributed by atoms with Gasteiger partial charge in [0.05, 0.1) is 27.3 Å². The van der Waals surface area contributed by atoms with Gasteiger partial charge >= 0.3 is 0 Å². The Hall–Kier alpha value is -0.910. The molecule has 0 aliphatic heterocycles. The van der Waals surface area contributed by atoms with Gasteiger partial charge in [0.1, 0.15) is 0 Å². The van der Waals surface area contributed by atoms with Gasteiger partial charge in [-0.1, -0.05) is 0 Å². The van der Waals surface area contributed by atoms with Crippen molar-refractivity contribution >= 4 is 35.5 Å². The van der Waals surface area contributed by atoms with Crippen molar-refractivity contribution in [3.8, 4) is 17.2 Å². The number of ether oxygens (including phenoxy) is 3. The maximum Gasteiger partial charge on any atom is 0.203 e. The summed E-state index contributed by atoms with van der Waals surface area (Å²) in [5.41, 5.74) is -0.0236. The number of carboxylic acids is 1. The van der Waals surface area contributed by atoms with E-state index in [1.165, 1.54) is 33.5 Å². The normalized spacial score (nSPS) is 8.94. The number of benzene rings is 1. The third kappa shape index (κ3) is 3.04. The third-order valence-corrected chi connectivity index (χ3v) is 1.90. The van der Waals surface area contributed by atoms with Gasteiger partial charge in [-0.05, 0) is 12.1 Å². The molecular weight excluding hydrogens is 223 g/mol. The Morgan fingerprint density at radius 3 is 1.75 bits per heavy atom. The summed E-state index contributed by atoms with van der Waals surface area (Å²) in [6.07, 6.45) is 0. The van der Waals surface area contributed by atoms with Gasteiger partial charge in [0, 0.05) is 35.1 Å². The second-order valence-electron chi connectivity index (χ2n) is 2.70. The Morgan fingerprint density at radius 1 is 1.06 bits per heavy atom. The zero-order chi connectivity index (χ0) is 11.4. The van der Waals surface area contributed by atoms with Crippen molar-refractivity contribution in [1.82, 2.24) is 0 Å². The first kappa shape index (κ1) is 15.1.